The van der Waals surface area contributed by atoms with E-state index in [-0.39, 0.29) is 5.91 Å². The smallest absolute Gasteiger partial charge is 0.270 e. The topological polar surface area (TPSA) is 96.2 Å². The minimum absolute atomic E-state index is 0.298. The lowest BCUT2D eigenvalue weighted by Gasteiger charge is -2.18. The molecule has 2 amide bonds. The number of hydrogen-bond acceptors (Lipinski definition) is 5. The van der Waals surface area contributed by atoms with Crippen LogP contribution in [-0.4, -0.2) is 26.3 Å². The zero-order chi connectivity index (χ0) is 35.3. The van der Waals surface area contributed by atoms with E-state index in [9.17, 15) is 14.9 Å². The number of rotatable bonds is 5. The molecule has 1 aliphatic heterocycles. The van der Waals surface area contributed by atoms with E-state index < -0.39 is 5.91 Å². The van der Waals surface area contributed by atoms with Gasteiger partial charge in [-0.2, -0.15) is 5.26 Å². The second-order valence-corrected chi connectivity index (χ2v) is 12.3. The van der Waals surface area contributed by atoms with Gasteiger partial charge in [0.2, 0.25) is 0 Å². The Morgan fingerprint density at radius 2 is 1.19 bits per heavy atom. The largest absolute Gasteiger partial charge is 0.361 e. The molecule has 0 saturated heterocycles. The third-order valence-electron chi connectivity index (χ3n) is 9.43. The number of benzene rings is 5. The predicted molar refractivity (Wildman–Crippen MR) is 201 cm³/mol. The van der Waals surface area contributed by atoms with Gasteiger partial charge in [0.1, 0.15) is 11.8 Å². The van der Waals surface area contributed by atoms with Crippen LogP contribution < -0.4 is 4.90 Å². The van der Waals surface area contributed by atoms with Crippen LogP contribution in [-0.2, 0) is 0 Å². The molecule has 242 valence electrons. The number of aromatic nitrogens is 3. The standard InChI is InChI=1S/C44H24N6O2/c1-46-41-19-9-16-36(48-41)29-21-23-39-34(25-29)33-24-28(35-15-7-12-30(26-45)47-35)20-22-38(33)49(39)40-18-8-14-32-42(40)44(52)50(43(32)51)37-17-6-5-13-31(37)27-10-3-2-4-11-27/h2-25H. The molecule has 8 heteroatoms. The maximum atomic E-state index is 14.6. The van der Waals surface area contributed by atoms with Crippen LogP contribution >= 0.6 is 0 Å². The van der Waals surface area contributed by atoms with Crippen LogP contribution in [0.5, 0.6) is 0 Å². The van der Waals surface area contributed by atoms with Crippen molar-refractivity contribution < 1.29 is 9.59 Å². The van der Waals surface area contributed by atoms with Crippen molar-refractivity contribution >= 4 is 45.1 Å². The van der Waals surface area contributed by atoms with E-state index in [1.54, 1.807) is 30.3 Å². The van der Waals surface area contributed by atoms with Gasteiger partial charge >= 0.3 is 0 Å². The van der Waals surface area contributed by atoms with E-state index in [2.05, 4.69) is 20.9 Å². The Labute approximate surface area is 297 Å². The lowest BCUT2D eigenvalue weighted by atomic mass is 10.0. The lowest BCUT2D eigenvalue weighted by molar-refractivity contribution is 0.0926. The van der Waals surface area contributed by atoms with Crippen molar-refractivity contribution in [3.05, 3.63) is 174 Å². The molecule has 1 aliphatic rings. The monoisotopic (exact) mass is 668 g/mol. The Hall–Kier alpha value is -7.68. The van der Waals surface area contributed by atoms with Crippen LogP contribution in [0.4, 0.5) is 11.5 Å². The van der Waals surface area contributed by atoms with E-state index >= 15 is 0 Å². The molecular weight excluding hydrogens is 645 g/mol. The van der Waals surface area contributed by atoms with Gasteiger partial charge in [-0.25, -0.2) is 9.88 Å². The second kappa shape index (κ2) is 12.0. The zero-order valence-electron chi connectivity index (χ0n) is 27.4. The summed E-state index contributed by atoms with van der Waals surface area (Å²) in [5.74, 6) is -0.489. The minimum Gasteiger partial charge on any atom is -0.361 e. The van der Waals surface area contributed by atoms with Crippen molar-refractivity contribution in [1.29, 1.82) is 5.26 Å². The van der Waals surface area contributed by atoms with Crippen molar-refractivity contribution in [2.45, 2.75) is 0 Å². The van der Waals surface area contributed by atoms with E-state index in [0.717, 1.165) is 44.1 Å². The average Bonchev–Trinajstić information content (AvgIpc) is 3.67. The molecule has 0 spiro atoms. The van der Waals surface area contributed by atoms with Crippen molar-refractivity contribution in [3.63, 3.8) is 0 Å². The number of hydrogen-bond donors (Lipinski definition) is 0. The fourth-order valence-corrected chi connectivity index (χ4v) is 7.11. The van der Waals surface area contributed by atoms with Crippen LogP contribution in [0, 0.1) is 17.9 Å². The van der Waals surface area contributed by atoms with Gasteiger partial charge in [0.05, 0.1) is 39.2 Å². The summed E-state index contributed by atoms with van der Waals surface area (Å²) in [4.78, 5) is 42.7. The van der Waals surface area contributed by atoms with Crippen LogP contribution in [0.15, 0.2) is 146 Å². The Bertz CT molecular complexity index is 2760. The summed E-state index contributed by atoms with van der Waals surface area (Å²) in [5, 5.41) is 11.3. The summed E-state index contributed by atoms with van der Waals surface area (Å²) in [6.45, 7) is 7.47. The first-order valence-corrected chi connectivity index (χ1v) is 16.5. The molecule has 0 radical (unpaired) electrons. The van der Waals surface area contributed by atoms with Crippen LogP contribution in [0.1, 0.15) is 26.4 Å². The number of amides is 2. The number of carbonyl (C=O) groups is 2. The summed E-state index contributed by atoms with van der Waals surface area (Å²) in [5.41, 5.74) is 8.30. The normalized spacial score (nSPS) is 12.2. The van der Waals surface area contributed by atoms with Gasteiger partial charge in [-0.05, 0) is 78.4 Å². The molecule has 0 aliphatic carbocycles. The van der Waals surface area contributed by atoms with Crippen LogP contribution in [0.25, 0.3) is 66.0 Å². The van der Waals surface area contributed by atoms with Crippen LogP contribution in [0.3, 0.4) is 0 Å². The van der Waals surface area contributed by atoms with E-state index in [1.165, 1.54) is 4.90 Å². The molecule has 0 saturated carbocycles. The third-order valence-corrected chi connectivity index (χ3v) is 9.43. The molecule has 9 rings (SSSR count). The first-order chi connectivity index (χ1) is 25.5. The highest BCUT2D eigenvalue weighted by Crippen LogP contribution is 2.41. The lowest BCUT2D eigenvalue weighted by Crippen LogP contribution is -2.30. The molecule has 52 heavy (non-hydrogen) atoms. The van der Waals surface area contributed by atoms with E-state index in [1.807, 2.05) is 120 Å². The van der Waals surface area contributed by atoms with E-state index in [0.29, 0.717) is 45.4 Å². The zero-order valence-corrected chi connectivity index (χ0v) is 27.4. The molecule has 4 heterocycles. The number of nitriles is 1. The number of nitrogens with zero attached hydrogens (tertiary/aromatic N) is 6. The summed E-state index contributed by atoms with van der Waals surface area (Å²) in [6, 6.07) is 47.3. The molecule has 0 unspecified atom stereocenters. The molecule has 0 atom stereocenters. The number of anilines is 1. The molecule has 8 aromatic rings. The SMILES string of the molecule is [C-]#[N+]c1cccc(-c2ccc3c(c2)c2cc(-c4cccc(C#N)n4)ccc2n3-c2cccc3c2C(=O)N(c2ccccc2-c2ccccc2)C3=O)n1. The van der Waals surface area contributed by atoms with Gasteiger partial charge in [-0.15, -0.1) is 4.98 Å². The van der Waals surface area contributed by atoms with E-state index in [4.69, 9.17) is 6.57 Å². The Morgan fingerprint density at radius 1 is 0.577 bits per heavy atom. The fourth-order valence-electron chi connectivity index (χ4n) is 7.11. The number of imide groups is 1. The van der Waals surface area contributed by atoms with Gasteiger partial charge in [0.25, 0.3) is 17.6 Å². The van der Waals surface area contributed by atoms with Crippen molar-refractivity contribution in [2.24, 2.45) is 0 Å². The van der Waals surface area contributed by atoms with Gasteiger partial charge in [0, 0.05) is 27.5 Å². The highest BCUT2D eigenvalue weighted by Gasteiger charge is 2.40. The van der Waals surface area contributed by atoms with Crippen molar-refractivity contribution in [2.75, 3.05) is 4.90 Å². The van der Waals surface area contributed by atoms with Crippen molar-refractivity contribution in [1.82, 2.24) is 14.5 Å². The second-order valence-electron chi connectivity index (χ2n) is 12.3. The number of pyridine rings is 2. The summed E-state index contributed by atoms with van der Waals surface area (Å²) in [6.07, 6.45) is 0. The molecule has 8 nitrogen and oxygen atoms in total. The first-order valence-electron chi connectivity index (χ1n) is 16.5. The molecule has 0 fully saturated rings. The molecule has 5 aromatic carbocycles. The summed E-state index contributed by atoms with van der Waals surface area (Å²) < 4.78 is 2.02. The van der Waals surface area contributed by atoms with Gasteiger partial charge in [0.15, 0.2) is 5.69 Å². The highest BCUT2D eigenvalue weighted by atomic mass is 16.2. The molecule has 0 bridgehead atoms. The number of para-hydroxylation sites is 1. The van der Waals surface area contributed by atoms with Crippen LogP contribution in [0.2, 0.25) is 0 Å². The number of fused-ring (bicyclic) bond motifs is 4. The Kier molecular flexibility index (Phi) is 7.03. The van der Waals surface area contributed by atoms with Gasteiger partial charge < -0.3 is 9.41 Å². The average molecular weight is 669 g/mol. The van der Waals surface area contributed by atoms with Crippen molar-refractivity contribution in [3.8, 4) is 45.4 Å². The highest BCUT2D eigenvalue weighted by molar-refractivity contribution is 6.36. The predicted octanol–water partition coefficient (Wildman–Crippen LogP) is 9.80. The van der Waals surface area contributed by atoms with Gasteiger partial charge in [-0.3, -0.25) is 9.59 Å². The first kappa shape index (κ1) is 30.4. The quantitative estimate of drug-likeness (QED) is 0.134. The molecular formula is C44H24N6O2. The Morgan fingerprint density at radius 3 is 1.90 bits per heavy atom. The summed E-state index contributed by atoms with van der Waals surface area (Å²) >= 11 is 0. The van der Waals surface area contributed by atoms with Gasteiger partial charge in [-0.1, -0.05) is 79.4 Å². The molecule has 0 N–H and O–H groups in total. The maximum Gasteiger partial charge on any atom is 0.270 e. The maximum absolute atomic E-state index is 14.6. The fraction of sp³-hybridized carbons (Fsp3) is 0. The molecule has 3 aromatic heterocycles. The summed E-state index contributed by atoms with van der Waals surface area (Å²) in [7, 11) is 0. The minimum atomic E-state index is -0.403. The third kappa shape index (κ3) is 4.75. The Balaban J connectivity index is 1.27. The number of carbonyl (C=O) groups excluding carboxylic acids is 2.